The monoisotopic (exact) mass is 848 g/mol. The highest BCUT2D eigenvalue weighted by molar-refractivity contribution is 7.90. The van der Waals surface area contributed by atoms with Crippen LogP contribution in [0.3, 0.4) is 0 Å². The molecule has 0 radical (unpaired) electrons. The molecule has 59 heavy (non-hydrogen) atoms. The molecule has 5 rings (SSSR count). The number of carbonyl (C=O) groups is 1. The molecule has 320 valence electrons. The van der Waals surface area contributed by atoms with Crippen molar-refractivity contribution in [1.29, 1.82) is 0 Å². The summed E-state index contributed by atoms with van der Waals surface area (Å²) in [6.07, 6.45) is -2.55. The second-order valence-electron chi connectivity index (χ2n) is 15.2. The molecule has 1 aromatic heterocycles. The Labute approximate surface area is 341 Å². The lowest BCUT2D eigenvalue weighted by Crippen LogP contribution is -2.34. The van der Waals surface area contributed by atoms with Gasteiger partial charge in [-0.3, -0.25) is 4.79 Å². The van der Waals surface area contributed by atoms with Crippen molar-refractivity contribution in [2.24, 2.45) is 11.8 Å². The standard InChI is InChI=1S/C43H50F6N4O5S/c1-5-52(26-32-14-12-31(13-15-32)20-40(54)58-28-33-9-7-6-8-10-33)39-16-11-29(2)19-35(39)27-53(41-50-24-38(25-51-41)57-17-18-59(4,55)56)30(3)34-21-36(42(44,45)46)23-37(22-34)43(47,48)49/h6-11,16,19,21-25,30-32H,5,12-15,17-18,20,26-28H2,1-4H3. The quantitative estimate of drug-likeness (QED) is 0.0760. The number of carbonyl (C=O) groups excluding carboxylic acids is 1. The topological polar surface area (TPSA) is 102 Å². The van der Waals surface area contributed by atoms with Gasteiger partial charge in [-0.25, -0.2) is 18.4 Å². The number of esters is 1. The summed E-state index contributed by atoms with van der Waals surface area (Å²) in [5.74, 6) is 0.212. The minimum absolute atomic E-state index is 0.00931. The Morgan fingerprint density at radius 1 is 0.881 bits per heavy atom. The highest BCUT2D eigenvalue weighted by atomic mass is 32.2. The number of halogens is 6. The summed E-state index contributed by atoms with van der Waals surface area (Å²) in [4.78, 5) is 25.2. The average molecular weight is 849 g/mol. The summed E-state index contributed by atoms with van der Waals surface area (Å²) in [6.45, 7) is 6.81. The second kappa shape index (κ2) is 19.5. The number of benzene rings is 3. The molecule has 4 aromatic rings. The molecule has 3 aromatic carbocycles. The fraction of sp³-hybridized carbons (Fsp3) is 0.465. The summed E-state index contributed by atoms with van der Waals surface area (Å²) < 4.78 is 118. The Balaban J connectivity index is 1.38. The van der Waals surface area contributed by atoms with Crippen LogP contribution in [-0.2, 0) is 44.9 Å². The smallest absolute Gasteiger partial charge is 0.416 e. The molecule has 0 spiro atoms. The van der Waals surface area contributed by atoms with Gasteiger partial charge in [-0.2, -0.15) is 26.3 Å². The van der Waals surface area contributed by atoms with E-state index in [9.17, 15) is 39.6 Å². The molecular formula is C43H50F6N4O5S. The van der Waals surface area contributed by atoms with Gasteiger partial charge in [0.15, 0.2) is 15.6 Å². The van der Waals surface area contributed by atoms with Crippen LogP contribution in [0.4, 0.5) is 38.0 Å². The molecule has 1 unspecified atom stereocenters. The zero-order valence-electron chi connectivity index (χ0n) is 33.5. The van der Waals surface area contributed by atoms with Crippen LogP contribution in [0.15, 0.2) is 79.1 Å². The van der Waals surface area contributed by atoms with E-state index in [4.69, 9.17) is 9.47 Å². The molecular weight excluding hydrogens is 799 g/mol. The van der Waals surface area contributed by atoms with Crippen LogP contribution in [-0.4, -0.2) is 56.1 Å². The lowest BCUT2D eigenvalue weighted by Gasteiger charge is -2.36. The number of nitrogens with zero attached hydrogens (tertiary/aromatic N) is 4. The summed E-state index contributed by atoms with van der Waals surface area (Å²) in [6, 6.07) is 15.8. The maximum atomic E-state index is 14.0. The van der Waals surface area contributed by atoms with Crippen LogP contribution >= 0.6 is 0 Å². The van der Waals surface area contributed by atoms with E-state index in [0.29, 0.717) is 37.6 Å². The van der Waals surface area contributed by atoms with Crippen LogP contribution in [0.25, 0.3) is 0 Å². The first-order valence-electron chi connectivity index (χ1n) is 19.5. The zero-order chi connectivity index (χ0) is 43.0. The molecule has 0 bridgehead atoms. The van der Waals surface area contributed by atoms with Crippen molar-refractivity contribution in [3.63, 3.8) is 0 Å². The number of ether oxygens (including phenoxy) is 2. The summed E-state index contributed by atoms with van der Waals surface area (Å²) >= 11 is 0. The molecule has 1 aliphatic carbocycles. The highest BCUT2D eigenvalue weighted by Gasteiger charge is 2.38. The molecule has 1 atom stereocenters. The van der Waals surface area contributed by atoms with Gasteiger partial charge in [-0.1, -0.05) is 48.0 Å². The zero-order valence-corrected chi connectivity index (χ0v) is 34.3. The van der Waals surface area contributed by atoms with Gasteiger partial charge >= 0.3 is 18.3 Å². The van der Waals surface area contributed by atoms with Crippen molar-refractivity contribution in [1.82, 2.24) is 9.97 Å². The third-order valence-corrected chi connectivity index (χ3v) is 11.5. The number of aryl methyl sites for hydroxylation is 1. The first-order chi connectivity index (χ1) is 27.8. The molecule has 1 saturated carbocycles. The van der Waals surface area contributed by atoms with Crippen molar-refractivity contribution < 1.29 is 49.0 Å². The Bertz CT molecular complexity index is 2080. The van der Waals surface area contributed by atoms with E-state index in [0.717, 1.165) is 54.3 Å². The first kappa shape index (κ1) is 45.2. The fourth-order valence-electron chi connectivity index (χ4n) is 7.32. The van der Waals surface area contributed by atoms with Gasteiger partial charge in [0.25, 0.3) is 0 Å². The fourth-order valence-corrected chi connectivity index (χ4v) is 7.70. The number of alkyl halides is 6. The minimum Gasteiger partial charge on any atom is -0.489 e. The maximum absolute atomic E-state index is 14.0. The molecule has 1 heterocycles. The van der Waals surface area contributed by atoms with E-state index >= 15 is 0 Å². The van der Waals surface area contributed by atoms with Crippen molar-refractivity contribution in [2.45, 2.75) is 84.4 Å². The number of aromatic nitrogens is 2. The van der Waals surface area contributed by atoms with Gasteiger partial charge in [0.2, 0.25) is 5.95 Å². The number of rotatable bonds is 17. The van der Waals surface area contributed by atoms with E-state index in [2.05, 4.69) is 14.9 Å². The minimum atomic E-state index is -5.04. The number of sulfone groups is 1. The molecule has 0 saturated heterocycles. The summed E-state index contributed by atoms with van der Waals surface area (Å²) in [5.41, 5.74) is 0.320. The van der Waals surface area contributed by atoms with E-state index < -0.39 is 39.4 Å². The van der Waals surface area contributed by atoms with Crippen LogP contribution in [0.1, 0.15) is 85.4 Å². The third-order valence-electron chi connectivity index (χ3n) is 10.6. The molecule has 0 N–H and O–H groups in total. The number of anilines is 2. The van der Waals surface area contributed by atoms with Crippen LogP contribution in [0.2, 0.25) is 0 Å². The third kappa shape index (κ3) is 13.3. The number of hydrogen-bond donors (Lipinski definition) is 0. The predicted molar refractivity (Wildman–Crippen MR) is 214 cm³/mol. The molecule has 16 heteroatoms. The molecule has 0 aliphatic heterocycles. The Kier molecular flexibility index (Phi) is 14.9. The van der Waals surface area contributed by atoms with Gasteiger partial charge in [-0.05, 0) is 99.2 Å². The maximum Gasteiger partial charge on any atom is 0.416 e. The predicted octanol–water partition coefficient (Wildman–Crippen LogP) is 9.78. The Morgan fingerprint density at radius 2 is 1.49 bits per heavy atom. The second-order valence-corrected chi connectivity index (χ2v) is 17.5. The lowest BCUT2D eigenvalue weighted by molar-refractivity contribution is -0.146. The average Bonchev–Trinajstić information content (AvgIpc) is 3.18. The SMILES string of the molecule is CCN(CC1CCC(CC(=O)OCc2ccccc2)CC1)c1ccc(C)cc1CN(c1ncc(OCCS(C)(=O)=O)cn1)C(C)c1cc(C(F)(F)F)cc(C(F)(F)F)c1. The van der Waals surface area contributed by atoms with Gasteiger partial charge in [0, 0.05) is 38.0 Å². The van der Waals surface area contributed by atoms with E-state index in [1.165, 1.54) is 19.3 Å². The van der Waals surface area contributed by atoms with E-state index in [1.54, 1.807) is 4.90 Å². The first-order valence-corrected chi connectivity index (χ1v) is 21.6. The van der Waals surface area contributed by atoms with Gasteiger partial charge in [0.05, 0.1) is 35.3 Å². The summed E-state index contributed by atoms with van der Waals surface area (Å²) in [7, 11) is -3.32. The van der Waals surface area contributed by atoms with Crippen molar-refractivity contribution in [3.8, 4) is 5.75 Å². The van der Waals surface area contributed by atoms with Crippen molar-refractivity contribution in [3.05, 3.63) is 113 Å². The Hall–Kier alpha value is -4.86. The Morgan fingerprint density at radius 3 is 2.07 bits per heavy atom. The van der Waals surface area contributed by atoms with Gasteiger partial charge < -0.3 is 19.3 Å². The lowest BCUT2D eigenvalue weighted by atomic mass is 9.80. The van der Waals surface area contributed by atoms with Crippen LogP contribution in [0, 0.1) is 18.8 Å². The van der Waals surface area contributed by atoms with E-state index in [-0.39, 0.29) is 60.7 Å². The number of hydrogen-bond acceptors (Lipinski definition) is 9. The van der Waals surface area contributed by atoms with Gasteiger partial charge in [-0.15, -0.1) is 0 Å². The normalized spacial score (nSPS) is 16.6. The largest absolute Gasteiger partial charge is 0.489 e. The highest BCUT2D eigenvalue weighted by Crippen LogP contribution is 2.40. The van der Waals surface area contributed by atoms with Crippen LogP contribution < -0.4 is 14.5 Å². The van der Waals surface area contributed by atoms with Crippen molar-refractivity contribution in [2.75, 3.05) is 41.5 Å². The molecule has 9 nitrogen and oxygen atoms in total. The summed E-state index contributed by atoms with van der Waals surface area (Å²) in [5, 5.41) is 0. The van der Waals surface area contributed by atoms with Crippen LogP contribution in [0.5, 0.6) is 5.75 Å². The molecule has 1 fully saturated rings. The molecule has 0 amide bonds. The van der Waals surface area contributed by atoms with Gasteiger partial charge in [0.1, 0.15) is 13.2 Å². The molecule has 1 aliphatic rings. The van der Waals surface area contributed by atoms with E-state index in [1.807, 2.05) is 62.4 Å². The van der Waals surface area contributed by atoms with Crippen molar-refractivity contribution >= 4 is 27.4 Å².